The Morgan fingerprint density at radius 3 is 2.32 bits per heavy atom. The molecule has 1 heterocycles. The van der Waals surface area contributed by atoms with Gasteiger partial charge in [0.05, 0.1) is 18.0 Å². The van der Waals surface area contributed by atoms with Gasteiger partial charge in [0.15, 0.2) is 5.79 Å². The van der Waals surface area contributed by atoms with Crippen molar-refractivity contribution in [3.05, 3.63) is 35.9 Å². The van der Waals surface area contributed by atoms with E-state index in [1.807, 2.05) is 30.3 Å². The number of sulfonamides is 1. The number of benzene rings is 1. The van der Waals surface area contributed by atoms with Gasteiger partial charge in [-0.25, -0.2) is 8.42 Å². The molecule has 1 aliphatic heterocycles. The van der Waals surface area contributed by atoms with Crippen LogP contribution >= 0.6 is 0 Å². The van der Waals surface area contributed by atoms with Crippen LogP contribution in [0.5, 0.6) is 0 Å². The van der Waals surface area contributed by atoms with Crippen molar-refractivity contribution in [2.24, 2.45) is 4.40 Å². The highest BCUT2D eigenvalue weighted by Crippen LogP contribution is 2.35. The van der Waals surface area contributed by atoms with Crippen molar-refractivity contribution in [2.45, 2.75) is 44.1 Å². The van der Waals surface area contributed by atoms with E-state index in [1.54, 1.807) is 20.8 Å². The van der Waals surface area contributed by atoms with Crippen molar-refractivity contribution in [1.82, 2.24) is 0 Å². The lowest BCUT2D eigenvalue weighted by molar-refractivity contribution is -0.169. The number of hydrogen-bond donors (Lipinski definition) is 0. The molecule has 1 fully saturated rings. The number of rotatable bonds is 5. The minimum absolute atomic E-state index is 0.463. The van der Waals surface area contributed by atoms with E-state index in [1.165, 1.54) is 6.21 Å². The van der Waals surface area contributed by atoms with Crippen LogP contribution < -0.4 is 0 Å². The van der Waals surface area contributed by atoms with Crippen molar-refractivity contribution in [2.75, 3.05) is 13.2 Å². The number of nitrogens with zero attached hydrogens (tertiary/aromatic N) is 1. The summed E-state index contributed by atoms with van der Waals surface area (Å²) in [7, 11) is -3.49. The Labute approximate surface area is 132 Å². The second-order valence-electron chi connectivity index (χ2n) is 6.23. The number of hydrogen-bond acceptors (Lipinski definition) is 4. The molecule has 6 heteroatoms. The molecule has 0 atom stereocenters. The highest BCUT2D eigenvalue weighted by atomic mass is 32.2. The molecular formula is C16H23NO4S. The Hall–Kier alpha value is -1.24. The van der Waals surface area contributed by atoms with Crippen LogP contribution in [0.4, 0.5) is 0 Å². The highest BCUT2D eigenvalue weighted by molar-refractivity contribution is 7.91. The summed E-state index contributed by atoms with van der Waals surface area (Å²) in [6.45, 7) is 5.97. The average Bonchev–Trinajstić information content (AvgIpc) is 2.93. The van der Waals surface area contributed by atoms with E-state index < -0.39 is 20.6 Å². The molecule has 1 aromatic carbocycles. The summed E-state index contributed by atoms with van der Waals surface area (Å²) < 4.78 is 38.3. The first kappa shape index (κ1) is 17.1. The lowest BCUT2D eigenvalue weighted by Gasteiger charge is -2.27. The van der Waals surface area contributed by atoms with Gasteiger partial charge in [0.1, 0.15) is 0 Å². The Bertz CT molecular complexity index is 611. The molecule has 1 aromatic rings. The fraction of sp³-hybridized carbons (Fsp3) is 0.562. The Morgan fingerprint density at radius 2 is 1.77 bits per heavy atom. The summed E-state index contributed by atoms with van der Waals surface area (Å²) >= 11 is 0. The standard InChI is InChI=1S/C16H23NO4S/c1-15(2,3)22(18,19)17-11-7-10-16(20-12-13-21-16)14-8-5-4-6-9-14/h4-6,8-9,11H,7,10,12-13H2,1-3H3. The van der Waals surface area contributed by atoms with E-state index in [9.17, 15) is 8.42 Å². The van der Waals surface area contributed by atoms with Crippen LogP contribution in [0.1, 0.15) is 39.2 Å². The molecule has 2 rings (SSSR count). The summed E-state index contributed by atoms with van der Waals surface area (Å²) in [6, 6.07) is 9.70. The smallest absolute Gasteiger partial charge is 0.257 e. The average molecular weight is 325 g/mol. The minimum atomic E-state index is -3.49. The lowest BCUT2D eigenvalue weighted by atomic mass is 10.0. The van der Waals surface area contributed by atoms with Crippen LogP contribution in [0.15, 0.2) is 34.7 Å². The number of ether oxygens (including phenoxy) is 2. The van der Waals surface area contributed by atoms with Gasteiger partial charge in [0.25, 0.3) is 10.0 Å². The van der Waals surface area contributed by atoms with Crippen LogP contribution in [-0.4, -0.2) is 32.6 Å². The van der Waals surface area contributed by atoms with Crippen molar-refractivity contribution in [1.29, 1.82) is 0 Å². The Balaban J connectivity index is 2.06. The molecule has 22 heavy (non-hydrogen) atoms. The van der Waals surface area contributed by atoms with Crippen LogP contribution in [-0.2, 0) is 25.3 Å². The summed E-state index contributed by atoms with van der Waals surface area (Å²) in [6.07, 6.45) is 2.43. The van der Waals surface area contributed by atoms with Gasteiger partial charge < -0.3 is 9.47 Å². The molecule has 0 unspecified atom stereocenters. The molecule has 0 bridgehead atoms. The zero-order chi connectivity index (χ0) is 16.3. The summed E-state index contributed by atoms with van der Waals surface area (Å²) in [5, 5.41) is 0. The fourth-order valence-electron chi connectivity index (χ4n) is 2.17. The van der Waals surface area contributed by atoms with Crippen LogP contribution in [0.25, 0.3) is 0 Å². The fourth-order valence-corrected chi connectivity index (χ4v) is 2.78. The molecule has 0 N–H and O–H groups in total. The Kier molecular flexibility index (Phi) is 5.04. The monoisotopic (exact) mass is 325 g/mol. The SMILES string of the molecule is CC(C)(C)S(=O)(=O)N=CCCC1(c2ccccc2)OCCO1. The van der Waals surface area contributed by atoms with Gasteiger partial charge in [-0.1, -0.05) is 30.3 Å². The second-order valence-corrected chi connectivity index (χ2v) is 8.62. The zero-order valence-electron chi connectivity index (χ0n) is 13.3. The molecule has 0 radical (unpaired) electrons. The maximum atomic E-state index is 11.9. The van der Waals surface area contributed by atoms with Gasteiger partial charge in [0, 0.05) is 18.2 Å². The van der Waals surface area contributed by atoms with Crippen LogP contribution in [0.3, 0.4) is 0 Å². The Morgan fingerprint density at radius 1 is 1.18 bits per heavy atom. The van der Waals surface area contributed by atoms with Crippen molar-refractivity contribution >= 4 is 16.2 Å². The predicted octanol–water partition coefficient (Wildman–Crippen LogP) is 2.87. The first-order chi connectivity index (χ1) is 10.3. The minimum Gasteiger partial charge on any atom is -0.343 e. The summed E-state index contributed by atoms with van der Waals surface area (Å²) in [5.74, 6) is -0.793. The molecule has 122 valence electrons. The second kappa shape index (κ2) is 6.48. The van der Waals surface area contributed by atoms with Gasteiger partial charge in [-0.2, -0.15) is 4.40 Å². The molecule has 0 aliphatic carbocycles. The molecular weight excluding hydrogens is 302 g/mol. The van der Waals surface area contributed by atoms with Crippen molar-refractivity contribution < 1.29 is 17.9 Å². The molecule has 0 aromatic heterocycles. The van der Waals surface area contributed by atoms with Crippen LogP contribution in [0, 0.1) is 0 Å². The quantitative estimate of drug-likeness (QED) is 0.781. The highest BCUT2D eigenvalue weighted by Gasteiger charge is 2.37. The van der Waals surface area contributed by atoms with Gasteiger partial charge in [0.2, 0.25) is 0 Å². The van der Waals surface area contributed by atoms with E-state index in [0.717, 1.165) is 5.56 Å². The lowest BCUT2D eigenvalue weighted by Crippen LogP contribution is -2.28. The third-order valence-corrected chi connectivity index (χ3v) is 5.53. The third-order valence-electron chi connectivity index (χ3n) is 3.56. The summed E-state index contributed by atoms with van der Waals surface area (Å²) in [5.41, 5.74) is 0.944. The van der Waals surface area contributed by atoms with Crippen molar-refractivity contribution in [3.63, 3.8) is 0 Å². The van der Waals surface area contributed by atoms with Gasteiger partial charge in [-0.05, 0) is 27.2 Å². The molecule has 0 saturated carbocycles. The summed E-state index contributed by atoms with van der Waals surface area (Å²) in [4.78, 5) is 0. The van der Waals surface area contributed by atoms with Crippen LogP contribution in [0.2, 0.25) is 0 Å². The molecule has 5 nitrogen and oxygen atoms in total. The first-order valence-electron chi connectivity index (χ1n) is 7.39. The predicted molar refractivity (Wildman–Crippen MR) is 86.4 cm³/mol. The van der Waals surface area contributed by atoms with E-state index >= 15 is 0 Å². The zero-order valence-corrected chi connectivity index (χ0v) is 14.1. The largest absolute Gasteiger partial charge is 0.343 e. The van der Waals surface area contributed by atoms with E-state index in [-0.39, 0.29) is 0 Å². The maximum absolute atomic E-state index is 11.9. The normalized spacial score (nSPS) is 18.9. The van der Waals surface area contributed by atoms with E-state index in [4.69, 9.17) is 9.47 Å². The van der Waals surface area contributed by atoms with E-state index in [0.29, 0.717) is 26.1 Å². The van der Waals surface area contributed by atoms with E-state index in [2.05, 4.69) is 4.40 Å². The molecule has 0 spiro atoms. The first-order valence-corrected chi connectivity index (χ1v) is 8.83. The van der Waals surface area contributed by atoms with Gasteiger partial charge >= 0.3 is 0 Å². The molecule has 1 aliphatic rings. The van der Waals surface area contributed by atoms with Crippen molar-refractivity contribution in [3.8, 4) is 0 Å². The topological polar surface area (TPSA) is 65.0 Å². The third kappa shape index (κ3) is 3.74. The van der Waals surface area contributed by atoms with Gasteiger partial charge in [-0.3, -0.25) is 0 Å². The molecule has 0 amide bonds. The molecule has 1 saturated heterocycles. The van der Waals surface area contributed by atoms with Gasteiger partial charge in [-0.15, -0.1) is 0 Å². The maximum Gasteiger partial charge on any atom is 0.257 e.